The van der Waals surface area contributed by atoms with Crippen LogP contribution in [0.3, 0.4) is 0 Å². The highest BCUT2D eigenvalue weighted by molar-refractivity contribution is 9.10. The summed E-state index contributed by atoms with van der Waals surface area (Å²) in [5, 5.41) is 21.7. The van der Waals surface area contributed by atoms with Crippen molar-refractivity contribution in [1.82, 2.24) is 5.32 Å². The standard InChI is InChI=1S/C13H20BrNO2S/c1-3-15-9(2)12-5-4-10(14)6-13(12)18-8-11(17)7-16/h4-6,9,11,15-17H,3,7-8H2,1-2H3. The summed E-state index contributed by atoms with van der Waals surface area (Å²) in [6.45, 7) is 4.93. The second-order valence-corrected chi connectivity index (χ2v) is 6.09. The summed E-state index contributed by atoms with van der Waals surface area (Å²) in [5.41, 5.74) is 1.22. The Labute approximate surface area is 121 Å². The molecule has 3 nitrogen and oxygen atoms in total. The maximum Gasteiger partial charge on any atom is 0.0864 e. The SMILES string of the molecule is CCNC(C)c1ccc(Br)cc1SCC(O)CO. The van der Waals surface area contributed by atoms with Crippen LogP contribution in [-0.4, -0.2) is 35.2 Å². The Balaban J connectivity index is 2.82. The summed E-state index contributed by atoms with van der Waals surface area (Å²) in [6, 6.07) is 6.44. The van der Waals surface area contributed by atoms with Gasteiger partial charge in [-0.05, 0) is 31.2 Å². The van der Waals surface area contributed by atoms with Gasteiger partial charge in [-0.3, -0.25) is 0 Å². The summed E-state index contributed by atoms with van der Waals surface area (Å²) in [7, 11) is 0. The smallest absolute Gasteiger partial charge is 0.0864 e. The second kappa shape index (κ2) is 8.17. The number of hydrogen-bond donors (Lipinski definition) is 3. The summed E-state index contributed by atoms with van der Waals surface area (Å²) >= 11 is 5.03. The van der Waals surface area contributed by atoms with Crippen LogP contribution >= 0.6 is 27.7 Å². The minimum Gasteiger partial charge on any atom is -0.394 e. The van der Waals surface area contributed by atoms with E-state index in [0.29, 0.717) is 5.75 Å². The fourth-order valence-corrected chi connectivity index (χ4v) is 3.26. The molecule has 0 heterocycles. The number of thioether (sulfide) groups is 1. The predicted octanol–water partition coefficient (Wildman–Crippen LogP) is 2.56. The van der Waals surface area contributed by atoms with E-state index in [1.165, 1.54) is 5.56 Å². The van der Waals surface area contributed by atoms with Gasteiger partial charge in [0.15, 0.2) is 0 Å². The minimum absolute atomic E-state index is 0.195. The molecule has 0 aliphatic heterocycles. The Hall–Kier alpha value is -0.0700. The van der Waals surface area contributed by atoms with Gasteiger partial charge >= 0.3 is 0 Å². The van der Waals surface area contributed by atoms with Crippen LogP contribution < -0.4 is 5.32 Å². The van der Waals surface area contributed by atoms with Gasteiger partial charge < -0.3 is 15.5 Å². The monoisotopic (exact) mass is 333 g/mol. The van der Waals surface area contributed by atoms with Gasteiger partial charge in [0.25, 0.3) is 0 Å². The molecule has 1 aromatic rings. The van der Waals surface area contributed by atoms with Crippen LogP contribution in [0.1, 0.15) is 25.5 Å². The van der Waals surface area contributed by atoms with Crippen LogP contribution in [0.15, 0.2) is 27.6 Å². The van der Waals surface area contributed by atoms with Gasteiger partial charge in [0.2, 0.25) is 0 Å². The number of halogens is 1. The van der Waals surface area contributed by atoms with Gasteiger partial charge in [-0.25, -0.2) is 0 Å². The lowest BCUT2D eigenvalue weighted by atomic mass is 10.1. The zero-order valence-electron chi connectivity index (χ0n) is 10.7. The van der Waals surface area contributed by atoms with E-state index in [2.05, 4.69) is 47.2 Å². The summed E-state index contributed by atoms with van der Waals surface area (Å²) < 4.78 is 1.02. The fourth-order valence-electron chi connectivity index (χ4n) is 1.65. The number of benzene rings is 1. The van der Waals surface area contributed by atoms with Crippen LogP contribution in [0, 0.1) is 0 Å². The van der Waals surface area contributed by atoms with Crippen molar-refractivity contribution < 1.29 is 10.2 Å². The zero-order chi connectivity index (χ0) is 13.5. The average molecular weight is 334 g/mol. The van der Waals surface area contributed by atoms with Gasteiger partial charge in [0.1, 0.15) is 0 Å². The number of hydrogen-bond acceptors (Lipinski definition) is 4. The lowest BCUT2D eigenvalue weighted by Crippen LogP contribution is -2.19. The third-order valence-electron chi connectivity index (χ3n) is 2.59. The molecule has 1 aromatic carbocycles. The Kier molecular flexibility index (Phi) is 7.26. The van der Waals surface area contributed by atoms with E-state index in [1.54, 1.807) is 11.8 Å². The predicted molar refractivity (Wildman–Crippen MR) is 80.1 cm³/mol. The molecule has 102 valence electrons. The third kappa shape index (κ3) is 4.90. The summed E-state index contributed by atoms with van der Waals surface area (Å²) in [6.07, 6.45) is -0.670. The molecular weight excluding hydrogens is 314 g/mol. The van der Waals surface area contributed by atoms with Crippen molar-refractivity contribution in [1.29, 1.82) is 0 Å². The zero-order valence-corrected chi connectivity index (χ0v) is 13.1. The maximum absolute atomic E-state index is 9.42. The molecule has 0 amide bonds. The molecule has 18 heavy (non-hydrogen) atoms. The number of nitrogens with one attached hydrogen (secondary N) is 1. The normalized spacial score (nSPS) is 14.5. The third-order valence-corrected chi connectivity index (χ3v) is 4.30. The van der Waals surface area contributed by atoms with Crippen LogP contribution in [0.2, 0.25) is 0 Å². The van der Waals surface area contributed by atoms with Gasteiger partial charge in [-0.15, -0.1) is 11.8 Å². The highest BCUT2D eigenvalue weighted by atomic mass is 79.9. The van der Waals surface area contributed by atoms with Crippen LogP contribution in [-0.2, 0) is 0 Å². The van der Waals surface area contributed by atoms with E-state index in [9.17, 15) is 5.11 Å². The molecule has 2 atom stereocenters. The lowest BCUT2D eigenvalue weighted by Gasteiger charge is -2.18. The molecule has 0 bridgehead atoms. The molecule has 3 N–H and O–H groups in total. The Morgan fingerprint density at radius 2 is 2.17 bits per heavy atom. The van der Waals surface area contributed by atoms with Crippen molar-refractivity contribution in [3.05, 3.63) is 28.2 Å². The molecule has 0 aromatic heterocycles. The molecule has 0 radical (unpaired) electrons. The molecule has 2 unspecified atom stereocenters. The van der Waals surface area contributed by atoms with Crippen LogP contribution in [0.25, 0.3) is 0 Å². The van der Waals surface area contributed by atoms with Gasteiger partial charge in [-0.2, -0.15) is 0 Å². The van der Waals surface area contributed by atoms with E-state index >= 15 is 0 Å². The van der Waals surface area contributed by atoms with Crippen molar-refractivity contribution in [3.8, 4) is 0 Å². The van der Waals surface area contributed by atoms with E-state index in [1.807, 2.05) is 6.07 Å². The van der Waals surface area contributed by atoms with Crippen molar-refractivity contribution >= 4 is 27.7 Å². The largest absolute Gasteiger partial charge is 0.394 e. The minimum atomic E-state index is -0.670. The fraction of sp³-hybridized carbons (Fsp3) is 0.538. The molecule has 0 saturated carbocycles. The molecule has 0 aliphatic rings. The van der Waals surface area contributed by atoms with Gasteiger partial charge in [0, 0.05) is 21.2 Å². The quantitative estimate of drug-likeness (QED) is 0.671. The molecule has 0 fully saturated rings. The highest BCUT2D eigenvalue weighted by Crippen LogP contribution is 2.30. The van der Waals surface area contributed by atoms with Crippen molar-refractivity contribution in [2.75, 3.05) is 18.9 Å². The number of aliphatic hydroxyl groups is 2. The molecule has 0 saturated heterocycles. The van der Waals surface area contributed by atoms with E-state index in [-0.39, 0.29) is 12.6 Å². The van der Waals surface area contributed by atoms with Gasteiger partial charge in [-0.1, -0.05) is 28.9 Å². The molecular formula is C13H20BrNO2S. The van der Waals surface area contributed by atoms with E-state index in [0.717, 1.165) is 15.9 Å². The number of aliphatic hydroxyl groups excluding tert-OH is 2. The van der Waals surface area contributed by atoms with E-state index in [4.69, 9.17) is 5.11 Å². The maximum atomic E-state index is 9.42. The van der Waals surface area contributed by atoms with Crippen LogP contribution in [0.4, 0.5) is 0 Å². The Bertz CT molecular complexity index is 376. The first-order chi connectivity index (χ1) is 8.58. The first-order valence-electron chi connectivity index (χ1n) is 6.03. The highest BCUT2D eigenvalue weighted by Gasteiger charge is 2.12. The molecule has 0 aliphatic carbocycles. The first-order valence-corrected chi connectivity index (χ1v) is 7.80. The summed E-state index contributed by atoms with van der Waals surface area (Å²) in [4.78, 5) is 1.13. The Morgan fingerprint density at radius 3 is 2.78 bits per heavy atom. The topological polar surface area (TPSA) is 52.5 Å². The van der Waals surface area contributed by atoms with Crippen LogP contribution in [0.5, 0.6) is 0 Å². The van der Waals surface area contributed by atoms with Gasteiger partial charge in [0.05, 0.1) is 12.7 Å². The van der Waals surface area contributed by atoms with Crippen molar-refractivity contribution in [3.63, 3.8) is 0 Å². The van der Waals surface area contributed by atoms with Crippen molar-refractivity contribution in [2.24, 2.45) is 0 Å². The molecule has 0 spiro atoms. The molecule has 5 heteroatoms. The molecule has 1 rings (SSSR count). The average Bonchev–Trinajstić information content (AvgIpc) is 2.36. The van der Waals surface area contributed by atoms with E-state index < -0.39 is 6.10 Å². The summed E-state index contributed by atoms with van der Waals surface area (Å²) in [5.74, 6) is 0.499. The Morgan fingerprint density at radius 1 is 1.44 bits per heavy atom. The number of rotatable bonds is 7. The second-order valence-electron chi connectivity index (χ2n) is 4.11. The van der Waals surface area contributed by atoms with Crippen molar-refractivity contribution in [2.45, 2.75) is 30.9 Å². The first kappa shape index (κ1) is 16.0. The lowest BCUT2D eigenvalue weighted by molar-refractivity contribution is 0.113.